The Kier molecular flexibility index (Phi) is 10.2. The van der Waals surface area contributed by atoms with E-state index in [1.54, 1.807) is 44.2 Å². The van der Waals surface area contributed by atoms with E-state index in [0.29, 0.717) is 27.8 Å². The van der Waals surface area contributed by atoms with Crippen molar-refractivity contribution in [1.29, 1.82) is 0 Å². The summed E-state index contributed by atoms with van der Waals surface area (Å²) in [4.78, 5) is 27.2. The first kappa shape index (κ1) is 28.0. The fourth-order valence-electron chi connectivity index (χ4n) is 3.56. The zero-order valence-corrected chi connectivity index (χ0v) is 22.2. The molecule has 0 saturated carbocycles. The molecule has 0 aliphatic carbocycles. The SMILES string of the molecule is CCNC(=O)[C@@H](C)N(Cc1ccc(Cl)cc1Cl)C(=O)CCCN(c1ccccc1C)S(C)(=O)=O. The van der Waals surface area contributed by atoms with Gasteiger partial charge in [0.2, 0.25) is 21.8 Å². The number of halogens is 2. The lowest BCUT2D eigenvalue weighted by atomic mass is 10.1. The highest BCUT2D eigenvalue weighted by Crippen LogP contribution is 2.25. The van der Waals surface area contributed by atoms with Gasteiger partial charge in [0.25, 0.3) is 0 Å². The number of amides is 2. The van der Waals surface area contributed by atoms with E-state index in [4.69, 9.17) is 23.2 Å². The second-order valence-electron chi connectivity index (χ2n) is 8.05. The van der Waals surface area contributed by atoms with Gasteiger partial charge in [-0.25, -0.2) is 8.42 Å². The van der Waals surface area contributed by atoms with Crippen LogP contribution in [-0.2, 0) is 26.2 Å². The van der Waals surface area contributed by atoms with Crippen molar-refractivity contribution in [1.82, 2.24) is 10.2 Å². The number of sulfonamides is 1. The summed E-state index contributed by atoms with van der Waals surface area (Å²) in [5, 5.41) is 3.61. The zero-order chi connectivity index (χ0) is 25.5. The number of benzene rings is 2. The Morgan fingerprint density at radius 3 is 2.38 bits per heavy atom. The Morgan fingerprint density at radius 1 is 1.12 bits per heavy atom. The minimum absolute atomic E-state index is 0.0624. The molecule has 0 heterocycles. The molecule has 0 unspecified atom stereocenters. The first-order valence-electron chi connectivity index (χ1n) is 11.0. The fraction of sp³-hybridized carbons (Fsp3) is 0.417. The second-order valence-corrected chi connectivity index (χ2v) is 10.8. The monoisotopic (exact) mass is 527 g/mol. The highest BCUT2D eigenvalue weighted by Gasteiger charge is 2.27. The molecule has 2 aromatic rings. The summed E-state index contributed by atoms with van der Waals surface area (Å²) in [6.45, 7) is 6.00. The van der Waals surface area contributed by atoms with Gasteiger partial charge in [-0.05, 0) is 56.5 Å². The number of carbonyl (C=O) groups excluding carboxylic acids is 2. The van der Waals surface area contributed by atoms with Crippen molar-refractivity contribution in [2.24, 2.45) is 0 Å². The van der Waals surface area contributed by atoms with E-state index in [0.717, 1.165) is 11.8 Å². The number of nitrogens with zero attached hydrogens (tertiary/aromatic N) is 2. The van der Waals surface area contributed by atoms with Gasteiger partial charge in [-0.2, -0.15) is 0 Å². The summed E-state index contributed by atoms with van der Waals surface area (Å²) in [6, 6.07) is 11.4. The van der Waals surface area contributed by atoms with Gasteiger partial charge in [-0.1, -0.05) is 47.5 Å². The topological polar surface area (TPSA) is 86.8 Å². The minimum atomic E-state index is -3.54. The lowest BCUT2D eigenvalue weighted by molar-refractivity contribution is -0.140. The predicted octanol–water partition coefficient (Wildman–Crippen LogP) is 4.40. The molecule has 1 atom stereocenters. The van der Waals surface area contributed by atoms with Crippen LogP contribution in [0.2, 0.25) is 10.0 Å². The molecule has 0 aliphatic rings. The van der Waals surface area contributed by atoms with Gasteiger partial charge in [-0.3, -0.25) is 13.9 Å². The quantitative estimate of drug-likeness (QED) is 0.469. The summed E-state index contributed by atoms with van der Waals surface area (Å²) in [6.07, 6.45) is 1.49. The van der Waals surface area contributed by atoms with Gasteiger partial charge in [0, 0.05) is 36.1 Å². The van der Waals surface area contributed by atoms with Crippen molar-refractivity contribution in [3.8, 4) is 0 Å². The lowest BCUT2D eigenvalue weighted by Gasteiger charge is -2.30. The van der Waals surface area contributed by atoms with Crippen molar-refractivity contribution < 1.29 is 18.0 Å². The van der Waals surface area contributed by atoms with E-state index in [2.05, 4.69) is 5.32 Å². The molecular weight excluding hydrogens is 497 g/mol. The van der Waals surface area contributed by atoms with Gasteiger partial charge >= 0.3 is 0 Å². The standard InChI is InChI=1S/C24H31Cl2N3O4S/c1-5-27-24(31)18(3)28(16-19-12-13-20(25)15-21(19)26)23(30)11-8-14-29(34(4,32)33)22-10-7-6-9-17(22)2/h6-7,9-10,12-13,15,18H,5,8,11,14,16H2,1-4H3,(H,27,31)/t18-/m1/s1. The molecule has 34 heavy (non-hydrogen) atoms. The Balaban J connectivity index is 2.20. The number of nitrogens with one attached hydrogen (secondary N) is 1. The van der Waals surface area contributed by atoms with Gasteiger partial charge in [0.15, 0.2) is 0 Å². The molecule has 1 N–H and O–H groups in total. The molecular formula is C24H31Cl2N3O4S. The third-order valence-corrected chi connectivity index (χ3v) is 7.18. The smallest absolute Gasteiger partial charge is 0.242 e. The number of likely N-dealkylation sites (N-methyl/N-ethyl adjacent to an activating group) is 1. The van der Waals surface area contributed by atoms with Crippen LogP contribution in [0.25, 0.3) is 0 Å². The normalized spacial score (nSPS) is 12.2. The molecule has 10 heteroatoms. The van der Waals surface area contributed by atoms with Crippen LogP contribution in [0.4, 0.5) is 5.69 Å². The lowest BCUT2D eigenvalue weighted by Crippen LogP contribution is -2.47. The van der Waals surface area contributed by atoms with Crippen molar-refractivity contribution in [3.05, 3.63) is 63.6 Å². The van der Waals surface area contributed by atoms with Crippen molar-refractivity contribution in [3.63, 3.8) is 0 Å². The number of hydrogen-bond donors (Lipinski definition) is 1. The maximum absolute atomic E-state index is 13.2. The number of anilines is 1. The number of carbonyl (C=O) groups is 2. The largest absolute Gasteiger partial charge is 0.355 e. The summed E-state index contributed by atoms with van der Waals surface area (Å²) in [5.41, 5.74) is 2.06. The first-order chi connectivity index (χ1) is 16.0. The van der Waals surface area contributed by atoms with E-state index in [9.17, 15) is 18.0 Å². The number of hydrogen-bond acceptors (Lipinski definition) is 4. The molecule has 0 saturated heterocycles. The van der Waals surface area contributed by atoms with E-state index in [-0.39, 0.29) is 37.7 Å². The maximum Gasteiger partial charge on any atom is 0.242 e. The van der Waals surface area contributed by atoms with Crippen LogP contribution in [0, 0.1) is 6.92 Å². The maximum atomic E-state index is 13.2. The van der Waals surface area contributed by atoms with E-state index in [1.807, 2.05) is 19.1 Å². The molecule has 2 amide bonds. The van der Waals surface area contributed by atoms with E-state index in [1.165, 1.54) is 9.21 Å². The van der Waals surface area contributed by atoms with E-state index < -0.39 is 16.1 Å². The van der Waals surface area contributed by atoms with Crippen LogP contribution in [-0.4, -0.2) is 50.5 Å². The highest BCUT2D eigenvalue weighted by atomic mass is 35.5. The third-order valence-electron chi connectivity index (χ3n) is 5.41. The van der Waals surface area contributed by atoms with Crippen molar-refractivity contribution in [2.75, 3.05) is 23.7 Å². The number of aryl methyl sites for hydroxylation is 1. The Morgan fingerprint density at radius 2 is 1.79 bits per heavy atom. The third kappa shape index (κ3) is 7.61. The molecule has 0 radical (unpaired) electrons. The van der Waals surface area contributed by atoms with Crippen LogP contribution >= 0.6 is 23.2 Å². The molecule has 186 valence electrons. The molecule has 0 bridgehead atoms. The van der Waals surface area contributed by atoms with Crippen molar-refractivity contribution >= 4 is 50.7 Å². The molecule has 0 spiro atoms. The minimum Gasteiger partial charge on any atom is -0.355 e. The van der Waals surface area contributed by atoms with Gasteiger partial charge in [0.1, 0.15) is 6.04 Å². The van der Waals surface area contributed by atoms with Crippen LogP contribution in [0.15, 0.2) is 42.5 Å². The molecule has 0 aliphatic heterocycles. The predicted molar refractivity (Wildman–Crippen MR) is 138 cm³/mol. The molecule has 7 nitrogen and oxygen atoms in total. The fourth-order valence-corrected chi connectivity index (χ4v) is 5.05. The van der Waals surface area contributed by atoms with Gasteiger partial charge < -0.3 is 10.2 Å². The number of rotatable bonds is 11. The van der Waals surface area contributed by atoms with Gasteiger partial charge in [0.05, 0.1) is 11.9 Å². The Labute approximate surface area is 212 Å². The van der Waals surface area contributed by atoms with Crippen LogP contribution in [0.3, 0.4) is 0 Å². The summed E-state index contributed by atoms with van der Waals surface area (Å²) >= 11 is 12.3. The molecule has 2 rings (SSSR count). The number of para-hydroxylation sites is 1. The summed E-state index contributed by atoms with van der Waals surface area (Å²) in [7, 11) is -3.54. The highest BCUT2D eigenvalue weighted by molar-refractivity contribution is 7.92. The first-order valence-corrected chi connectivity index (χ1v) is 13.6. The van der Waals surface area contributed by atoms with Crippen LogP contribution in [0.5, 0.6) is 0 Å². The Hall–Kier alpha value is -2.29. The van der Waals surface area contributed by atoms with Crippen molar-refractivity contribution in [2.45, 2.75) is 46.2 Å². The molecule has 0 aromatic heterocycles. The average molecular weight is 529 g/mol. The van der Waals surface area contributed by atoms with E-state index >= 15 is 0 Å². The molecule has 2 aromatic carbocycles. The van der Waals surface area contributed by atoms with Gasteiger partial charge in [-0.15, -0.1) is 0 Å². The summed E-state index contributed by atoms with van der Waals surface area (Å²) in [5.74, 6) is -0.554. The Bertz CT molecular complexity index is 1120. The van der Waals surface area contributed by atoms with Crippen LogP contribution in [0.1, 0.15) is 37.8 Å². The zero-order valence-electron chi connectivity index (χ0n) is 19.8. The van der Waals surface area contributed by atoms with Crippen LogP contribution < -0.4 is 9.62 Å². The second kappa shape index (κ2) is 12.4. The molecule has 0 fully saturated rings. The summed E-state index contributed by atoms with van der Waals surface area (Å²) < 4.78 is 26.2. The average Bonchev–Trinajstić information content (AvgIpc) is 2.75.